The van der Waals surface area contributed by atoms with Crippen LogP contribution in [-0.4, -0.2) is 17.4 Å². The second kappa shape index (κ2) is 5.40. The van der Waals surface area contributed by atoms with Gasteiger partial charge < -0.3 is 10.1 Å². The predicted octanol–water partition coefficient (Wildman–Crippen LogP) is 3.43. The Bertz CT molecular complexity index is 478. The highest BCUT2D eigenvalue weighted by atomic mass is 35.5. The van der Waals surface area contributed by atoms with Crippen molar-refractivity contribution in [3.8, 4) is 5.75 Å². The summed E-state index contributed by atoms with van der Waals surface area (Å²) >= 11 is 5.82. The molecule has 0 saturated heterocycles. The number of halogens is 1. The van der Waals surface area contributed by atoms with Gasteiger partial charge in [-0.25, -0.2) is 4.79 Å². The number of amides is 1. The van der Waals surface area contributed by atoms with Gasteiger partial charge in [0, 0.05) is 16.6 Å². The Morgan fingerprint density at radius 1 is 1.28 bits per heavy atom. The average molecular weight is 270 g/mol. The van der Waals surface area contributed by atoms with E-state index in [0.29, 0.717) is 10.6 Å². The lowest BCUT2D eigenvalue weighted by Crippen LogP contribution is -2.42. The van der Waals surface area contributed by atoms with Crippen molar-refractivity contribution in [2.45, 2.75) is 33.2 Å². The van der Waals surface area contributed by atoms with Crippen LogP contribution < -0.4 is 10.1 Å². The topological polar surface area (TPSA) is 55.4 Å². The van der Waals surface area contributed by atoms with Crippen LogP contribution in [0.1, 0.15) is 38.1 Å². The molecule has 0 radical (unpaired) electrons. The minimum atomic E-state index is -0.618. The number of Topliss-reactive ketones (excluding diaryl/α,β-unsaturated/α-hetero) is 1. The number of carbonyl (C=O) groups is 2. The van der Waals surface area contributed by atoms with Crippen LogP contribution in [0.3, 0.4) is 0 Å². The number of ether oxygens (including phenoxy) is 1. The molecule has 1 rings (SSSR count). The molecule has 1 N–H and O–H groups in total. The normalized spacial score (nSPS) is 10.9. The highest BCUT2D eigenvalue weighted by Gasteiger charge is 2.18. The van der Waals surface area contributed by atoms with E-state index >= 15 is 0 Å². The monoisotopic (exact) mass is 269 g/mol. The first kappa shape index (κ1) is 14.5. The van der Waals surface area contributed by atoms with Crippen molar-refractivity contribution in [1.29, 1.82) is 0 Å². The van der Waals surface area contributed by atoms with E-state index in [1.54, 1.807) is 6.07 Å². The molecule has 1 aromatic carbocycles. The molecular weight excluding hydrogens is 254 g/mol. The van der Waals surface area contributed by atoms with Gasteiger partial charge >= 0.3 is 6.09 Å². The summed E-state index contributed by atoms with van der Waals surface area (Å²) in [4.78, 5) is 23.0. The van der Waals surface area contributed by atoms with E-state index < -0.39 is 11.6 Å². The standard InChI is InChI=1S/C13H16ClNO3/c1-8(16)10-6-5-9(14)7-11(10)18-12(17)15-13(2,3)4/h5-7H,1-4H3,(H,15,17). The van der Waals surface area contributed by atoms with Crippen molar-refractivity contribution in [3.05, 3.63) is 28.8 Å². The van der Waals surface area contributed by atoms with Crippen LogP contribution in [0.4, 0.5) is 4.79 Å². The van der Waals surface area contributed by atoms with Crippen LogP contribution in [0.15, 0.2) is 18.2 Å². The van der Waals surface area contributed by atoms with E-state index in [9.17, 15) is 9.59 Å². The Hall–Kier alpha value is -1.55. The Morgan fingerprint density at radius 2 is 1.89 bits per heavy atom. The third-order valence-electron chi connectivity index (χ3n) is 2.00. The fourth-order valence-electron chi connectivity index (χ4n) is 1.30. The fourth-order valence-corrected chi connectivity index (χ4v) is 1.47. The van der Waals surface area contributed by atoms with Crippen molar-refractivity contribution in [3.63, 3.8) is 0 Å². The smallest absolute Gasteiger partial charge is 0.410 e. The quantitative estimate of drug-likeness (QED) is 0.837. The lowest BCUT2D eigenvalue weighted by Gasteiger charge is -2.20. The van der Waals surface area contributed by atoms with Crippen LogP contribution in [0.25, 0.3) is 0 Å². The van der Waals surface area contributed by atoms with Crippen molar-refractivity contribution in [2.24, 2.45) is 0 Å². The van der Waals surface area contributed by atoms with Crippen molar-refractivity contribution < 1.29 is 14.3 Å². The van der Waals surface area contributed by atoms with E-state index in [1.165, 1.54) is 19.1 Å². The molecule has 4 nitrogen and oxygen atoms in total. The van der Waals surface area contributed by atoms with Crippen LogP contribution in [0.2, 0.25) is 5.02 Å². The van der Waals surface area contributed by atoms with Crippen LogP contribution >= 0.6 is 11.6 Å². The molecule has 0 heterocycles. The van der Waals surface area contributed by atoms with Crippen LogP contribution in [0, 0.1) is 0 Å². The van der Waals surface area contributed by atoms with Crippen LogP contribution in [-0.2, 0) is 0 Å². The zero-order valence-corrected chi connectivity index (χ0v) is 11.6. The van der Waals surface area contributed by atoms with E-state index in [-0.39, 0.29) is 11.5 Å². The van der Waals surface area contributed by atoms with E-state index in [2.05, 4.69) is 5.32 Å². The minimum absolute atomic E-state index is 0.164. The largest absolute Gasteiger partial charge is 0.413 e. The maximum absolute atomic E-state index is 11.6. The molecule has 98 valence electrons. The lowest BCUT2D eigenvalue weighted by molar-refractivity contribution is 0.101. The SMILES string of the molecule is CC(=O)c1ccc(Cl)cc1OC(=O)NC(C)(C)C. The summed E-state index contributed by atoms with van der Waals surface area (Å²) in [6.45, 7) is 6.89. The number of nitrogens with one attached hydrogen (secondary N) is 1. The summed E-state index contributed by atoms with van der Waals surface area (Å²) < 4.78 is 5.11. The Morgan fingerprint density at radius 3 is 2.39 bits per heavy atom. The number of hydrogen-bond acceptors (Lipinski definition) is 3. The molecule has 0 atom stereocenters. The van der Waals surface area contributed by atoms with E-state index in [4.69, 9.17) is 16.3 Å². The summed E-state index contributed by atoms with van der Waals surface area (Å²) in [5.41, 5.74) is -0.0880. The molecule has 0 unspecified atom stereocenters. The van der Waals surface area contributed by atoms with Crippen molar-refractivity contribution in [2.75, 3.05) is 0 Å². The van der Waals surface area contributed by atoms with Gasteiger partial charge in [0.05, 0.1) is 5.56 Å². The summed E-state index contributed by atoms with van der Waals surface area (Å²) in [7, 11) is 0. The van der Waals surface area contributed by atoms with Gasteiger partial charge in [-0.05, 0) is 39.8 Å². The van der Waals surface area contributed by atoms with Gasteiger partial charge in [-0.1, -0.05) is 11.6 Å². The summed E-state index contributed by atoms with van der Waals surface area (Å²) in [6.07, 6.45) is -0.618. The third kappa shape index (κ3) is 4.37. The number of carbonyl (C=O) groups excluding carboxylic acids is 2. The van der Waals surface area contributed by atoms with Gasteiger partial charge in [-0.2, -0.15) is 0 Å². The zero-order chi connectivity index (χ0) is 13.9. The van der Waals surface area contributed by atoms with Crippen molar-refractivity contribution >= 4 is 23.5 Å². The first-order valence-electron chi connectivity index (χ1n) is 5.49. The molecule has 0 fully saturated rings. The molecule has 5 heteroatoms. The molecule has 1 aromatic rings. The second-order valence-electron chi connectivity index (χ2n) is 4.96. The second-order valence-corrected chi connectivity index (χ2v) is 5.40. The summed E-state index contributed by atoms with van der Waals surface area (Å²) in [5, 5.41) is 3.04. The van der Waals surface area contributed by atoms with Gasteiger partial charge in [-0.3, -0.25) is 4.79 Å². The third-order valence-corrected chi connectivity index (χ3v) is 2.24. The first-order valence-corrected chi connectivity index (χ1v) is 5.87. The first-order chi connectivity index (χ1) is 8.19. The molecule has 0 aromatic heterocycles. The summed E-state index contributed by atoms with van der Waals surface area (Å²) in [5.74, 6) is -0.0259. The van der Waals surface area contributed by atoms with Gasteiger partial charge in [0.25, 0.3) is 0 Å². The Labute approximate surface area is 111 Å². The molecule has 0 aliphatic carbocycles. The van der Waals surface area contributed by atoms with Gasteiger partial charge in [-0.15, -0.1) is 0 Å². The predicted molar refractivity (Wildman–Crippen MR) is 70.4 cm³/mol. The number of hydrogen-bond donors (Lipinski definition) is 1. The molecule has 0 bridgehead atoms. The maximum Gasteiger partial charge on any atom is 0.413 e. The Balaban J connectivity index is 2.93. The molecule has 0 aliphatic rings. The molecule has 18 heavy (non-hydrogen) atoms. The van der Waals surface area contributed by atoms with Crippen LogP contribution in [0.5, 0.6) is 5.75 Å². The fraction of sp³-hybridized carbons (Fsp3) is 0.385. The highest BCUT2D eigenvalue weighted by Crippen LogP contribution is 2.24. The number of rotatable bonds is 2. The molecule has 1 amide bonds. The number of benzene rings is 1. The van der Waals surface area contributed by atoms with Gasteiger partial charge in [0.2, 0.25) is 0 Å². The van der Waals surface area contributed by atoms with Crippen molar-refractivity contribution in [1.82, 2.24) is 5.32 Å². The molecule has 0 aliphatic heterocycles. The lowest BCUT2D eigenvalue weighted by atomic mass is 10.1. The average Bonchev–Trinajstić information content (AvgIpc) is 2.13. The maximum atomic E-state index is 11.6. The molecular formula is C13H16ClNO3. The molecule has 0 saturated carbocycles. The zero-order valence-electron chi connectivity index (χ0n) is 10.8. The summed E-state index contributed by atoms with van der Waals surface area (Å²) in [6, 6.07) is 4.55. The minimum Gasteiger partial charge on any atom is -0.410 e. The Kier molecular flexibility index (Phi) is 4.35. The van der Waals surface area contributed by atoms with E-state index in [0.717, 1.165) is 0 Å². The van der Waals surface area contributed by atoms with Gasteiger partial charge in [0.15, 0.2) is 5.78 Å². The van der Waals surface area contributed by atoms with E-state index in [1.807, 2.05) is 20.8 Å². The van der Waals surface area contributed by atoms with Gasteiger partial charge in [0.1, 0.15) is 5.75 Å². The number of ketones is 1. The molecule has 0 spiro atoms. The highest BCUT2D eigenvalue weighted by molar-refractivity contribution is 6.30.